The summed E-state index contributed by atoms with van der Waals surface area (Å²) in [6.45, 7) is 2.72. The molecule has 1 amide bonds. The Labute approximate surface area is 129 Å². The van der Waals surface area contributed by atoms with E-state index < -0.39 is 0 Å². The molecule has 1 N–H and O–H groups in total. The van der Waals surface area contributed by atoms with Crippen molar-refractivity contribution in [2.75, 3.05) is 5.32 Å². The maximum Gasteiger partial charge on any atom is 0.260 e. The number of rotatable bonds is 2. The summed E-state index contributed by atoms with van der Waals surface area (Å²) in [4.78, 5) is 12.3. The Morgan fingerprint density at radius 3 is 2.86 bits per heavy atom. The number of benzene rings is 2. The molecule has 3 nitrogen and oxygen atoms in total. The smallest absolute Gasteiger partial charge is 0.260 e. The van der Waals surface area contributed by atoms with Gasteiger partial charge in [0.25, 0.3) is 5.91 Å². The van der Waals surface area contributed by atoms with E-state index in [-0.39, 0.29) is 5.91 Å². The van der Waals surface area contributed by atoms with Crippen molar-refractivity contribution in [3.63, 3.8) is 0 Å². The third-order valence-electron chi connectivity index (χ3n) is 4.22. The molecule has 2 aromatic rings. The highest BCUT2D eigenvalue weighted by atomic mass is 16.5. The molecule has 110 valence electrons. The van der Waals surface area contributed by atoms with Gasteiger partial charge in [-0.3, -0.25) is 4.79 Å². The monoisotopic (exact) mass is 291 g/mol. The van der Waals surface area contributed by atoms with Gasteiger partial charge in [0.2, 0.25) is 0 Å². The summed E-state index contributed by atoms with van der Waals surface area (Å²) in [5, 5.41) is 2.91. The van der Waals surface area contributed by atoms with Gasteiger partial charge in [-0.15, -0.1) is 0 Å². The summed E-state index contributed by atoms with van der Waals surface area (Å²) in [5.41, 5.74) is 5.97. The van der Waals surface area contributed by atoms with Crippen LogP contribution < -0.4 is 5.32 Å². The van der Waals surface area contributed by atoms with E-state index in [2.05, 4.69) is 30.4 Å². The van der Waals surface area contributed by atoms with Gasteiger partial charge in [-0.2, -0.15) is 0 Å². The van der Waals surface area contributed by atoms with Crippen LogP contribution in [-0.2, 0) is 22.6 Å². The molecule has 0 atom stereocenters. The van der Waals surface area contributed by atoms with Crippen LogP contribution in [0.25, 0.3) is 11.3 Å². The SMILES string of the molecule is CCCc1ccc2c(c1)COC2=C1C(=O)Nc2ccccc21. The third-order valence-corrected chi connectivity index (χ3v) is 4.22. The molecule has 0 aromatic heterocycles. The first kappa shape index (κ1) is 13.1. The van der Waals surface area contributed by atoms with Crippen molar-refractivity contribution in [2.45, 2.75) is 26.4 Å². The van der Waals surface area contributed by atoms with Crippen LogP contribution in [-0.4, -0.2) is 5.91 Å². The quantitative estimate of drug-likeness (QED) is 0.850. The molecule has 0 saturated heterocycles. The molecule has 22 heavy (non-hydrogen) atoms. The number of anilines is 1. The minimum atomic E-state index is -0.0818. The lowest BCUT2D eigenvalue weighted by molar-refractivity contribution is -0.110. The molecular formula is C19H17NO2. The van der Waals surface area contributed by atoms with Crippen molar-refractivity contribution in [3.8, 4) is 0 Å². The zero-order chi connectivity index (χ0) is 15.1. The van der Waals surface area contributed by atoms with Crippen molar-refractivity contribution in [3.05, 3.63) is 64.7 Å². The van der Waals surface area contributed by atoms with E-state index in [1.54, 1.807) is 0 Å². The summed E-state index contributed by atoms with van der Waals surface area (Å²) in [7, 11) is 0. The van der Waals surface area contributed by atoms with Crippen LogP contribution in [0, 0.1) is 0 Å². The van der Waals surface area contributed by atoms with Crippen LogP contribution in [0.15, 0.2) is 42.5 Å². The second-order valence-corrected chi connectivity index (χ2v) is 5.73. The van der Waals surface area contributed by atoms with Crippen molar-refractivity contribution < 1.29 is 9.53 Å². The topological polar surface area (TPSA) is 38.3 Å². The van der Waals surface area contributed by atoms with Crippen LogP contribution in [0.1, 0.15) is 35.6 Å². The molecule has 4 rings (SSSR count). The summed E-state index contributed by atoms with van der Waals surface area (Å²) >= 11 is 0. The zero-order valence-corrected chi connectivity index (χ0v) is 12.5. The fourth-order valence-corrected chi connectivity index (χ4v) is 3.21. The summed E-state index contributed by atoms with van der Waals surface area (Å²) in [6, 6.07) is 14.2. The Hall–Kier alpha value is -2.55. The maximum absolute atomic E-state index is 12.3. The Morgan fingerprint density at radius 2 is 2.00 bits per heavy atom. The maximum atomic E-state index is 12.3. The zero-order valence-electron chi connectivity index (χ0n) is 12.5. The molecule has 2 aliphatic rings. The van der Waals surface area contributed by atoms with Gasteiger partial charge in [-0.05, 0) is 18.1 Å². The van der Waals surface area contributed by atoms with Gasteiger partial charge in [-0.1, -0.05) is 49.7 Å². The van der Waals surface area contributed by atoms with Crippen LogP contribution in [0.2, 0.25) is 0 Å². The predicted octanol–water partition coefficient (Wildman–Crippen LogP) is 3.99. The number of amides is 1. The van der Waals surface area contributed by atoms with Crippen LogP contribution >= 0.6 is 0 Å². The normalized spacial score (nSPS) is 18.7. The summed E-state index contributed by atoms with van der Waals surface area (Å²) < 4.78 is 5.89. The van der Waals surface area contributed by atoms with Gasteiger partial charge >= 0.3 is 0 Å². The highest BCUT2D eigenvalue weighted by Gasteiger charge is 2.32. The Kier molecular flexibility index (Phi) is 3.00. The molecule has 0 radical (unpaired) electrons. The number of hydrogen-bond acceptors (Lipinski definition) is 2. The molecule has 0 unspecified atom stereocenters. The molecule has 3 heteroatoms. The fourth-order valence-electron chi connectivity index (χ4n) is 3.21. The van der Waals surface area contributed by atoms with Crippen molar-refractivity contribution >= 4 is 22.9 Å². The van der Waals surface area contributed by atoms with Gasteiger partial charge in [0, 0.05) is 22.4 Å². The second kappa shape index (κ2) is 5.02. The standard InChI is InChI=1S/C19H17NO2/c1-2-5-12-8-9-14-13(10-12)11-22-18(14)17-15-6-3-4-7-16(15)20-19(17)21/h3-4,6-10H,2,5,11H2,1H3,(H,20,21). The average molecular weight is 291 g/mol. The molecule has 0 saturated carbocycles. The molecule has 2 heterocycles. The van der Waals surface area contributed by atoms with Crippen LogP contribution in [0.4, 0.5) is 5.69 Å². The molecule has 2 aliphatic heterocycles. The van der Waals surface area contributed by atoms with E-state index in [0.717, 1.165) is 29.7 Å². The van der Waals surface area contributed by atoms with Gasteiger partial charge in [0.05, 0.1) is 5.57 Å². The number of carbonyl (C=O) groups excluding carboxylic acids is 1. The minimum Gasteiger partial charge on any atom is -0.487 e. The number of ether oxygens (including phenoxy) is 1. The van der Waals surface area contributed by atoms with Gasteiger partial charge < -0.3 is 10.1 Å². The first-order chi connectivity index (χ1) is 10.8. The molecule has 0 spiro atoms. The lowest BCUT2D eigenvalue weighted by Gasteiger charge is -2.05. The largest absolute Gasteiger partial charge is 0.487 e. The van der Waals surface area contributed by atoms with E-state index in [4.69, 9.17) is 4.74 Å². The van der Waals surface area contributed by atoms with E-state index in [1.165, 1.54) is 11.1 Å². The van der Waals surface area contributed by atoms with E-state index >= 15 is 0 Å². The Balaban J connectivity index is 1.85. The van der Waals surface area contributed by atoms with E-state index in [9.17, 15) is 4.79 Å². The lowest BCUT2D eigenvalue weighted by atomic mass is 9.98. The second-order valence-electron chi connectivity index (χ2n) is 5.73. The Bertz CT molecular complexity index is 805. The molecular weight excluding hydrogens is 274 g/mol. The number of aryl methyl sites for hydroxylation is 1. The van der Waals surface area contributed by atoms with Gasteiger partial charge in [0.15, 0.2) is 0 Å². The van der Waals surface area contributed by atoms with Crippen molar-refractivity contribution in [2.24, 2.45) is 0 Å². The first-order valence-electron chi connectivity index (χ1n) is 7.68. The van der Waals surface area contributed by atoms with E-state index in [0.29, 0.717) is 17.9 Å². The van der Waals surface area contributed by atoms with Crippen molar-refractivity contribution in [1.29, 1.82) is 0 Å². The fraction of sp³-hybridized carbons (Fsp3) is 0.211. The minimum absolute atomic E-state index is 0.0818. The Morgan fingerprint density at radius 1 is 1.14 bits per heavy atom. The number of nitrogens with one attached hydrogen (secondary N) is 1. The first-order valence-corrected chi connectivity index (χ1v) is 7.68. The molecule has 2 aromatic carbocycles. The third kappa shape index (κ3) is 1.93. The average Bonchev–Trinajstić information content (AvgIpc) is 3.07. The van der Waals surface area contributed by atoms with Gasteiger partial charge in [0.1, 0.15) is 12.4 Å². The predicted molar refractivity (Wildman–Crippen MR) is 87.1 cm³/mol. The van der Waals surface area contributed by atoms with Crippen LogP contribution in [0.3, 0.4) is 0 Å². The van der Waals surface area contributed by atoms with Crippen molar-refractivity contribution in [1.82, 2.24) is 0 Å². The van der Waals surface area contributed by atoms with Gasteiger partial charge in [-0.25, -0.2) is 0 Å². The summed E-state index contributed by atoms with van der Waals surface area (Å²) in [5.74, 6) is 0.627. The number of para-hydroxylation sites is 1. The summed E-state index contributed by atoms with van der Waals surface area (Å²) in [6.07, 6.45) is 2.20. The number of hydrogen-bond donors (Lipinski definition) is 1. The number of carbonyl (C=O) groups is 1. The molecule has 0 fully saturated rings. The highest BCUT2D eigenvalue weighted by Crippen LogP contribution is 2.41. The number of fused-ring (bicyclic) bond motifs is 2. The lowest BCUT2D eigenvalue weighted by Crippen LogP contribution is -2.05. The van der Waals surface area contributed by atoms with E-state index in [1.807, 2.05) is 24.3 Å². The highest BCUT2D eigenvalue weighted by molar-refractivity contribution is 6.36. The molecule has 0 bridgehead atoms. The molecule has 0 aliphatic carbocycles. The van der Waals surface area contributed by atoms with Crippen LogP contribution in [0.5, 0.6) is 0 Å².